The first-order valence-corrected chi connectivity index (χ1v) is 9.46. The van der Waals surface area contributed by atoms with Gasteiger partial charge in [0.1, 0.15) is 11.5 Å². The highest BCUT2D eigenvalue weighted by molar-refractivity contribution is 6.35. The second-order valence-corrected chi connectivity index (χ2v) is 6.95. The number of benzene rings is 2. The largest absolute Gasteiger partial charge is 0.507 e. The van der Waals surface area contributed by atoms with Crippen LogP contribution in [0, 0.1) is 0 Å². The third kappa shape index (κ3) is 5.73. The predicted molar refractivity (Wildman–Crippen MR) is 111 cm³/mol. The zero-order valence-corrected chi connectivity index (χ0v) is 17.1. The second kappa shape index (κ2) is 9.79. The van der Waals surface area contributed by atoms with E-state index in [0.29, 0.717) is 34.5 Å². The maximum atomic E-state index is 12.6. The highest BCUT2D eigenvalue weighted by Gasteiger charge is 2.15. The van der Waals surface area contributed by atoms with E-state index >= 15 is 0 Å². The van der Waals surface area contributed by atoms with Crippen molar-refractivity contribution in [3.05, 3.63) is 63.1 Å². The molecule has 0 saturated heterocycles. The average Bonchev–Trinajstić information content (AvgIpc) is 2.62. The highest BCUT2D eigenvalue weighted by atomic mass is 35.5. The number of aromatic hydroxyl groups is 1. The third-order valence-corrected chi connectivity index (χ3v) is 4.66. The van der Waals surface area contributed by atoms with E-state index in [0.717, 1.165) is 12.1 Å². The smallest absolute Gasteiger partial charge is 0.189 e. The first kappa shape index (κ1) is 21.3. The molecule has 0 saturated carbocycles. The summed E-state index contributed by atoms with van der Waals surface area (Å²) in [7, 11) is 1.98. The summed E-state index contributed by atoms with van der Waals surface area (Å²) in [6.07, 6.45) is 2.99. The predicted octanol–water partition coefficient (Wildman–Crippen LogP) is 5.45. The number of carbonyl (C=O) groups excluding carboxylic acids is 1. The van der Waals surface area contributed by atoms with Crippen LogP contribution in [0.3, 0.4) is 0 Å². The molecular formula is C21H23Cl2NO3. The van der Waals surface area contributed by atoms with Gasteiger partial charge in [0.25, 0.3) is 0 Å². The standard InChI is InChI=1S/C21H23Cl2NO3/c1-4-24(3)13-15-10-17(20(26)12-21(15)27-5-2)19(25)9-7-14-6-8-16(22)11-18(14)23/h6-12,26H,4-5,13H2,1-3H3/b9-7+. The summed E-state index contributed by atoms with van der Waals surface area (Å²) in [4.78, 5) is 14.7. The molecule has 0 aromatic heterocycles. The number of ketones is 1. The molecule has 0 atom stereocenters. The van der Waals surface area contributed by atoms with Crippen molar-refractivity contribution in [2.24, 2.45) is 0 Å². The summed E-state index contributed by atoms with van der Waals surface area (Å²) in [5.41, 5.74) is 1.74. The normalized spacial score (nSPS) is 11.3. The number of nitrogens with zero attached hydrogens (tertiary/aromatic N) is 1. The topological polar surface area (TPSA) is 49.8 Å². The van der Waals surface area contributed by atoms with Gasteiger partial charge in [-0.3, -0.25) is 4.79 Å². The van der Waals surface area contributed by atoms with E-state index in [1.807, 2.05) is 20.9 Å². The molecule has 0 aliphatic carbocycles. The number of carbonyl (C=O) groups is 1. The lowest BCUT2D eigenvalue weighted by atomic mass is 10.0. The molecule has 4 nitrogen and oxygen atoms in total. The molecule has 0 amide bonds. The maximum Gasteiger partial charge on any atom is 0.189 e. The summed E-state index contributed by atoms with van der Waals surface area (Å²) < 4.78 is 5.61. The van der Waals surface area contributed by atoms with Gasteiger partial charge in [0.15, 0.2) is 5.78 Å². The number of hydrogen-bond acceptors (Lipinski definition) is 4. The Morgan fingerprint density at radius 2 is 1.96 bits per heavy atom. The Morgan fingerprint density at radius 3 is 2.59 bits per heavy atom. The van der Waals surface area contributed by atoms with Crippen LogP contribution in [0.15, 0.2) is 36.4 Å². The van der Waals surface area contributed by atoms with Gasteiger partial charge in [-0.15, -0.1) is 0 Å². The SMILES string of the molecule is CCOc1cc(O)c(C(=O)/C=C/c2ccc(Cl)cc2Cl)cc1CN(C)CC. The van der Waals surface area contributed by atoms with Crippen molar-refractivity contribution in [1.82, 2.24) is 4.90 Å². The molecule has 0 unspecified atom stereocenters. The van der Waals surface area contributed by atoms with Crippen LogP contribution in [0.1, 0.15) is 35.3 Å². The van der Waals surface area contributed by atoms with Crippen LogP contribution < -0.4 is 4.74 Å². The van der Waals surface area contributed by atoms with Crippen molar-refractivity contribution in [2.45, 2.75) is 20.4 Å². The van der Waals surface area contributed by atoms with Crippen LogP contribution in [-0.4, -0.2) is 36.0 Å². The molecule has 1 N–H and O–H groups in total. The Morgan fingerprint density at radius 1 is 1.22 bits per heavy atom. The quantitative estimate of drug-likeness (QED) is 0.467. The first-order valence-electron chi connectivity index (χ1n) is 8.70. The number of allylic oxidation sites excluding steroid dienone is 1. The van der Waals surface area contributed by atoms with Gasteiger partial charge in [-0.05, 0) is 56.4 Å². The molecule has 0 spiro atoms. The van der Waals surface area contributed by atoms with E-state index in [1.165, 1.54) is 12.1 Å². The summed E-state index contributed by atoms with van der Waals surface area (Å²) in [6.45, 7) is 5.86. The Kier molecular flexibility index (Phi) is 7.72. The Bertz CT molecular complexity index is 850. The fourth-order valence-electron chi connectivity index (χ4n) is 2.52. The molecular weight excluding hydrogens is 385 g/mol. The molecule has 2 aromatic rings. The molecule has 6 heteroatoms. The zero-order chi connectivity index (χ0) is 20.0. The fourth-order valence-corrected chi connectivity index (χ4v) is 2.99. The molecule has 2 rings (SSSR count). The van der Waals surface area contributed by atoms with Crippen molar-refractivity contribution < 1.29 is 14.6 Å². The number of ether oxygens (including phenoxy) is 1. The molecule has 0 heterocycles. The highest BCUT2D eigenvalue weighted by Crippen LogP contribution is 2.30. The van der Waals surface area contributed by atoms with E-state index in [4.69, 9.17) is 27.9 Å². The van der Waals surface area contributed by atoms with Crippen LogP contribution in [0.5, 0.6) is 11.5 Å². The van der Waals surface area contributed by atoms with E-state index in [2.05, 4.69) is 4.90 Å². The molecule has 0 radical (unpaired) electrons. The summed E-state index contributed by atoms with van der Waals surface area (Å²) >= 11 is 12.0. The van der Waals surface area contributed by atoms with Gasteiger partial charge in [0.05, 0.1) is 12.2 Å². The molecule has 0 aliphatic rings. The number of hydrogen-bond donors (Lipinski definition) is 1. The van der Waals surface area contributed by atoms with Gasteiger partial charge in [0, 0.05) is 28.2 Å². The second-order valence-electron chi connectivity index (χ2n) is 6.10. The third-order valence-electron chi connectivity index (χ3n) is 4.10. The van der Waals surface area contributed by atoms with E-state index < -0.39 is 0 Å². The van der Waals surface area contributed by atoms with Gasteiger partial charge in [0.2, 0.25) is 0 Å². The lowest BCUT2D eigenvalue weighted by Gasteiger charge is -2.18. The van der Waals surface area contributed by atoms with E-state index in [-0.39, 0.29) is 17.1 Å². The average molecular weight is 408 g/mol. The first-order chi connectivity index (χ1) is 12.8. The number of halogens is 2. The van der Waals surface area contributed by atoms with Crippen LogP contribution in [-0.2, 0) is 6.54 Å². The molecule has 0 bridgehead atoms. The van der Waals surface area contributed by atoms with Gasteiger partial charge in [-0.25, -0.2) is 0 Å². The van der Waals surface area contributed by atoms with Crippen molar-refractivity contribution in [3.8, 4) is 11.5 Å². The lowest BCUT2D eigenvalue weighted by Crippen LogP contribution is -2.18. The molecule has 0 aliphatic heterocycles. The Labute approximate surface area is 170 Å². The molecule has 2 aromatic carbocycles. The van der Waals surface area contributed by atoms with Gasteiger partial charge >= 0.3 is 0 Å². The number of phenols is 1. The van der Waals surface area contributed by atoms with E-state index in [9.17, 15) is 9.90 Å². The van der Waals surface area contributed by atoms with Crippen LogP contribution in [0.2, 0.25) is 10.0 Å². The van der Waals surface area contributed by atoms with Crippen LogP contribution in [0.4, 0.5) is 0 Å². The number of rotatable bonds is 8. The molecule has 27 heavy (non-hydrogen) atoms. The Balaban J connectivity index is 2.33. The molecule has 0 fully saturated rings. The van der Waals surface area contributed by atoms with Crippen molar-refractivity contribution in [2.75, 3.05) is 20.2 Å². The Hall–Kier alpha value is -2.01. The zero-order valence-electron chi connectivity index (χ0n) is 15.6. The summed E-state index contributed by atoms with van der Waals surface area (Å²) in [5.74, 6) is 0.150. The van der Waals surface area contributed by atoms with Crippen molar-refractivity contribution >= 4 is 35.1 Å². The van der Waals surface area contributed by atoms with Crippen molar-refractivity contribution in [3.63, 3.8) is 0 Å². The van der Waals surface area contributed by atoms with Crippen LogP contribution >= 0.6 is 23.2 Å². The lowest BCUT2D eigenvalue weighted by molar-refractivity contribution is 0.104. The minimum atomic E-state index is -0.318. The minimum Gasteiger partial charge on any atom is -0.507 e. The van der Waals surface area contributed by atoms with Crippen LogP contribution in [0.25, 0.3) is 6.08 Å². The molecule has 144 valence electrons. The fraction of sp³-hybridized carbons (Fsp3) is 0.286. The summed E-state index contributed by atoms with van der Waals surface area (Å²) in [5, 5.41) is 11.3. The minimum absolute atomic E-state index is 0.113. The van der Waals surface area contributed by atoms with Gasteiger partial charge in [-0.2, -0.15) is 0 Å². The summed E-state index contributed by atoms with van der Waals surface area (Å²) in [6, 6.07) is 8.22. The monoisotopic (exact) mass is 407 g/mol. The van der Waals surface area contributed by atoms with Crippen molar-refractivity contribution in [1.29, 1.82) is 0 Å². The van der Waals surface area contributed by atoms with Gasteiger partial charge < -0.3 is 14.7 Å². The maximum absolute atomic E-state index is 12.6. The van der Waals surface area contributed by atoms with Gasteiger partial charge in [-0.1, -0.05) is 36.2 Å². The van der Waals surface area contributed by atoms with E-state index in [1.54, 1.807) is 30.3 Å². The number of phenolic OH excluding ortho intramolecular Hbond substituents is 1.